The number of benzene rings is 1. The van der Waals surface area contributed by atoms with Crippen LogP contribution in [0.2, 0.25) is 0 Å². The number of nitrogens with two attached hydrogens (primary N) is 1. The Labute approximate surface area is 69.2 Å². The van der Waals surface area contributed by atoms with Crippen molar-refractivity contribution in [3.05, 3.63) is 29.2 Å². The van der Waals surface area contributed by atoms with Gasteiger partial charge in [-0.3, -0.25) is 0 Å². The second-order valence-electron chi connectivity index (χ2n) is 2.10. The third kappa shape index (κ3) is 1.66. The van der Waals surface area contributed by atoms with E-state index >= 15 is 0 Å². The highest BCUT2D eigenvalue weighted by Crippen LogP contribution is 2.21. The van der Waals surface area contributed by atoms with Crippen LogP contribution < -0.4 is 5.14 Å². The standard InChI is InChI=1S/C6H6N2O3S/c7-12(10,11)6-4-2-1-3-5(6)8-9/h1-4H,(H2,7,10,11). The first kappa shape index (κ1) is 8.82. The maximum atomic E-state index is 10.8. The van der Waals surface area contributed by atoms with Crippen LogP contribution in [0, 0.1) is 4.91 Å². The van der Waals surface area contributed by atoms with Crippen molar-refractivity contribution in [1.82, 2.24) is 0 Å². The first-order chi connectivity index (χ1) is 5.55. The van der Waals surface area contributed by atoms with Gasteiger partial charge in [-0.15, -0.1) is 4.91 Å². The van der Waals surface area contributed by atoms with Crippen molar-refractivity contribution in [1.29, 1.82) is 0 Å². The lowest BCUT2D eigenvalue weighted by Crippen LogP contribution is -2.11. The van der Waals surface area contributed by atoms with Crippen molar-refractivity contribution < 1.29 is 8.42 Å². The molecule has 64 valence electrons. The lowest BCUT2D eigenvalue weighted by Gasteiger charge is -1.97. The van der Waals surface area contributed by atoms with Crippen molar-refractivity contribution in [2.75, 3.05) is 0 Å². The average molecular weight is 186 g/mol. The van der Waals surface area contributed by atoms with E-state index in [0.29, 0.717) is 0 Å². The number of primary sulfonamides is 1. The third-order valence-corrected chi connectivity index (χ3v) is 2.23. The molecule has 0 aliphatic heterocycles. The summed E-state index contributed by atoms with van der Waals surface area (Å²) < 4.78 is 21.6. The van der Waals surface area contributed by atoms with E-state index in [1.165, 1.54) is 24.3 Å². The molecule has 0 radical (unpaired) electrons. The molecule has 0 unspecified atom stereocenters. The van der Waals surface area contributed by atoms with Gasteiger partial charge in [0.1, 0.15) is 10.6 Å². The summed E-state index contributed by atoms with van der Waals surface area (Å²) >= 11 is 0. The van der Waals surface area contributed by atoms with Gasteiger partial charge >= 0.3 is 0 Å². The number of rotatable bonds is 2. The maximum Gasteiger partial charge on any atom is 0.240 e. The highest BCUT2D eigenvalue weighted by molar-refractivity contribution is 7.89. The quantitative estimate of drug-likeness (QED) is 0.690. The van der Waals surface area contributed by atoms with Crippen LogP contribution in [0.1, 0.15) is 0 Å². The van der Waals surface area contributed by atoms with E-state index in [1.807, 2.05) is 0 Å². The summed E-state index contributed by atoms with van der Waals surface area (Å²) in [6, 6.07) is 5.48. The first-order valence-electron chi connectivity index (χ1n) is 3.01. The second kappa shape index (κ2) is 3.00. The van der Waals surface area contributed by atoms with Gasteiger partial charge < -0.3 is 0 Å². The van der Waals surface area contributed by atoms with Crippen molar-refractivity contribution in [2.45, 2.75) is 4.90 Å². The van der Waals surface area contributed by atoms with Gasteiger partial charge in [0.15, 0.2) is 0 Å². The molecule has 0 aliphatic rings. The molecule has 0 aliphatic carbocycles. The Morgan fingerprint density at radius 1 is 1.25 bits per heavy atom. The van der Waals surface area contributed by atoms with E-state index in [9.17, 15) is 13.3 Å². The average Bonchev–Trinajstić information content (AvgIpc) is 2.03. The Kier molecular flexibility index (Phi) is 2.20. The van der Waals surface area contributed by atoms with Gasteiger partial charge in [-0.25, -0.2) is 13.6 Å². The molecule has 0 spiro atoms. The fourth-order valence-corrected chi connectivity index (χ4v) is 1.44. The number of sulfonamides is 1. The summed E-state index contributed by atoms with van der Waals surface area (Å²) in [4.78, 5) is 9.85. The minimum absolute atomic E-state index is 0.167. The van der Waals surface area contributed by atoms with Crippen molar-refractivity contribution in [3.63, 3.8) is 0 Å². The van der Waals surface area contributed by atoms with Crippen LogP contribution in [0.25, 0.3) is 0 Å². The van der Waals surface area contributed by atoms with Gasteiger partial charge in [-0.1, -0.05) is 12.1 Å². The summed E-state index contributed by atoms with van der Waals surface area (Å²) in [5.74, 6) is 0. The monoisotopic (exact) mass is 186 g/mol. The number of hydrogen-bond donors (Lipinski definition) is 1. The molecule has 1 aromatic carbocycles. The molecule has 0 atom stereocenters. The summed E-state index contributed by atoms with van der Waals surface area (Å²) in [5, 5.41) is 7.33. The van der Waals surface area contributed by atoms with Crippen LogP contribution in [-0.4, -0.2) is 8.42 Å². The molecule has 0 aromatic heterocycles. The van der Waals surface area contributed by atoms with Crippen LogP contribution in [0.4, 0.5) is 5.69 Å². The Hall–Kier alpha value is -1.27. The largest absolute Gasteiger partial charge is 0.240 e. The molecule has 0 saturated carbocycles. The predicted octanol–water partition coefficient (Wildman–Crippen LogP) is 0.732. The van der Waals surface area contributed by atoms with Crippen LogP contribution in [0.15, 0.2) is 34.3 Å². The third-order valence-electron chi connectivity index (χ3n) is 1.27. The summed E-state index contributed by atoms with van der Waals surface area (Å²) in [5.41, 5.74) is -0.167. The Bertz CT molecular complexity index is 399. The molecule has 0 heterocycles. The fourth-order valence-electron chi connectivity index (χ4n) is 0.773. The van der Waals surface area contributed by atoms with E-state index in [0.717, 1.165) is 0 Å². The Morgan fingerprint density at radius 2 is 1.83 bits per heavy atom. The smallest absolute Gasteiger partial charge is 0.225 e. The van der Waals surface area contributed by atoms with Crippen molar-refractivity contribution in [3.8, 4) is 0 Å². The normalized spacial score (nSPS) is 11.1. The molecule has 5 nitrogen and oxygen atoms in total. The number of hydrogen-bond acceptors (Lipinski definition) is 4. The Balaban J connectivity index is 3.43. The van der Waals surface area contributed by atoms with E-state index in [-0.39, 0.29) is 10.6 Å². The molecule has 12 heavy (non-hydrogen) atoms. The van der Waals surface area contributed by atoms with Gasteiger partial charge in [-0.2, -0.15) is 0 Å². The number of nitrogens with zero attached hydrogens (tertiary/aromatic N) is 1. The predicted molar refractivity (Wildman–Crippen MR) is 43.3 cm³/mol. The Morgan fingerprint density at radius 3 is 2.25 bits per heavy atom. The van der Waals surface area contributed by atoms with Gasteiger partial charge in [0.2, 0.25) is 10.0 Å². The maximum absolute atomic E-state index is 10.8. The summed E-state index contributed by atoms with van der Waals surface area (Å²) in [7, 11) is -3.84. The molecule has 1 aromatic rings. The fraction of sp³-hybridized carbons (Fsp3) is 0. The second-order valence-corrected chi connectivity index (χ2v) is 3.63. The number of nitroso groups, excluding NO2 is 1. The highest BCUT2D eigenvalue weighted by atomic mass is 32.2. The zero-order valence-electron chi connectivity index (χ0n) is 5.97. The molecule has 1 rings (SSSR count). The van der Waals surface area contributed by atoms with Gasteiger partial charge in [-0.05, 0) is 17.3 Å². The summed E-state index contributed by atoms with van der Waals surface area (Å²) in [6.45, 7) is 0. The SMILES string of the molecule is NS(=O)(=O)c1ccccc1N=O. The molecule has 0 bridgehead atoms. The molecule has 6 heteroatoms. The minimum atomic E-state index is -3.84. The lowest BCUT2D eigenvalue weighted by molar-refractivity contribution is 0.598. The zero-order chi connectivity index (χ0) is 9.19. The van der Waals surface area contributed by atoms with Crippen molar-refractivity contribution in [2.24, 2.45) is 10.3 Å². The molecular weight excluding hydrogens is 180 g/mol. The van der Waals surface area contributed by atoms with Gasteiger partial charge in [0, 0.05) is 0 Å². The lowest BCUT2D eigenvalue weighted by atomic mass is 10.3. The molecule has 0 fully saturated rings. The topological polar surface area (TPSA) is 89.6 Å². The van der Waals surface area contributed by atoms with Gasteiger partial charge in [0.25, 0.3) is 0 Å². The molecule has 0 saturated heterocycles. The van der Waals surface area contributed by atoms with E-state index in [2.05, 4.69) is 5.18 Å². The van der Waals surface area contributed by atoms with E-state index < -0.39 is 10.0 Å². The van der Waals surface area contributed by atoms with Crippen LogP contribution in [0.3, 0.4) is 0 Å². The molecule has 0 amide bonds. The van der Waals surface area contributed by atoms with E-state index in [1.54, 1.807) is 0 Å². The molecule has 2 N–H and O–H groups in total. The van der Waals surface area contributed by atoms with Crippen LogP contribution >= 0.6 is 0 Å². The van der Waals surface area contributed by atoms with Gasteiger partial charge in [0.05, 0.1) is 0 Å². The van der Waals surface area contributed by atoms with E-state index in [4.69, 9.17) is 5.14 Å². The van der Waals surface area contributed by atoms with Crippen LogP contribution in [0.5, 0.6) is 0 Å². The first-order valence-corrected chi connectivity index (χ1v) is 4.55. The summed E-state index contributed by atoms with van der Waals surface area (Å²) in [6.07, 6.45) is 0. The van der Waals surface area contributed by atoms with Crippen molar-refractivity contribution >= 4 is 15.7 Å². The minimum Gasteiger partial charge on any atom is -0.225 e. The molecular formula is C6H6N2O3S. The highest BCUT2D eigenvalue weighted by Gasteiger charge is 2.12. The van der Waals surface area contributed by atoms with Crippen LogP contribution in [-0.2, 0) is 10.0 Å². The zero-order valence-corrected chi connectivity index (χ0v) is 6.78.